The second-order valence-electron chi connectivity index (χ2n) is 10.0. The molecule has 0 radical (unpaired) electrons. The molecule has 0 heterocycles. The molecule has 2 unspecified atom stereocenters. The van der Waals surface area contributed by atoms with Crippen LogP contribution >= 0.6 is 0 Å². The van der Waals surface area contributed by atoms with Crippen LogP contribution < -0.4 is 10.6 Å². The highest BCUT2D eigenvalue weighted by atomic mass is 16.5. The fraction of sp³-hybridized carbons (Fsp3) is 0.464. The summed E-state index contributed by atoms with van der Waals surface area (Å²) in [6.45, 7) is 4.43. The van der Waals surface area contributed by atoms with Crippen LogP contribution in [0.2, 0.25) is 0 Å². The topological polar surface area (TPSA) is 105 Å². The van der Waals surface area contributed by atoms with Crippen LogP contribution in [0.3, 0.4) is 0 Å². The number of carboxylic acid groups (broad SMARTS) is 1. The van der Waals surface area contributed by atoms with Crippen LogP contribution in [-0.2, 0) is 14.3 Å². The number of benzene rings is 2. The Morgan fingerprint density at radius 3 is 2.23 bits per heavy atom. The average Bonchev–Trinajstić information content (AvgIpc) is 3.43. The molecule has 3 atom stereocenters. The Morgan fingerprint density at radius 2 is 1.63 bits per heavy atom. The lowest BCUT2D eigenvalue weighted by Gasteiger charge is -2.23. The predicted octanol–water partition coefficient (Wildman–Crippen LogP) is 4.56. The van der Waals surface area contributed by atoms with E-state index in [0.29, 0.717) is 19.4 Å². The first-order chi connectivity index (χ1) is 16.8. The summed E-state index contributed by atoms with van der Waals surface area (Å²) in [6, 6.07) is 15.5. The molecule has 2 aromatic rings. The molecule has 3 N–H and O–H groups in total. The van der Waals surface area contributed by atoms with Gasteiger partial charge in [-0.15, -0.1) is 0 Å². The van der Waals surface area contributed by atoms with Gasteiger partial charge in [0, 0.05) is 18.4 Å². The number of fused-ring (bicyclic) bond motifs is 3. The minimum absolute atomic E-state index is 0.00735. The van der Waals surface area contributed by atoms with Gasteiger partial charge < -0.3 is 20.5 Å². The molecule has 2 aromatic carbocycles. The number of hydrogen-bond donors (Lipinski definition) is 3. The van der Waals surface area contributed by atoms with Crippen molar-refractivity contribution in [2.75, 3.05) is 13.2 Å². The summed E-state index contributed by atoms with van der Waals surface area (Å²) in [7, 11) is 0. The number of rotatable bonds is 9. The van der Waals surface area contributed by atoms with Crippen LogP contribution in [-0.4, -0.2) is 42.3 Å². The van der Waals surface area contributed by atoms with Gasteiger partial charge in [-0.3, -0.25) is 4.79 Å². The van der Waals surface area contributed by atoms with Gasteiger partial charge >= 0.3 is 12.1 Å². The molecular weight excluding hydrogens is 444 g/mol. The van der Waals surface area contributed by atoms with Crippen molar-refractivity contribution < 1.29 is 24.2 Å². The van der Waals surface area contributed by atoms with Crippen molar-refractivity contribution in [2.45, 2.75) is 51.5 Å². The number of carbonyl (C=O) groups is 3. The van der Waals surface area contributed by atoms with Crippen LogP contribution in [0.5, 0.6) is 0 Å². The first kappa shape index (κ1) is 24.8. The zero-order chi connectivity index (χ0) is 24.9. The zero-order valence-electron chi connectivity index (χ0n) is 20.3. The smallest absolute Gasteiger partial charge is 0.407 e. The van der Waals surface area contributed by atoms with Crippen molar-refractivity contribution >= 4 is 18.0 Å². The lowest BCUT2D eigenvalue weighted by molar-refractivity contribution is -0.143. The molecule has 1 saturated carbocycles. The lowest BCUT2D eigenvalue weighted by atomic mass is 9.94. The molecule has 7 nitrogen and oxygen atoms in total. The molecule has 1 fully saturated rings. The Hall–Kier alpha value is -3.35. The summed E-state index contributed by atoms with van der Waals surface area (Å²) in [5.41, 5.74) is 4.66. The highest BCUT2D eigenvalue weighted by Crippen LogP contribution is 2.44. The summed E-state index contributed by atoms with van der Waals surface area (Å²) in [4.78, 5) is 36.9. The minimum atomic E-state index is -1.02. The van der Waals surface area contributed by atoms with Gasteiger partial charge in [0.05, 0.1) is 0 Å². The number of ether oxygens (including phenoxy) is 1. The summed E-state index contributed by atoms with van der Waals surface area (Å²) in [5, 5.41) is 15.0. The number of amides is 2. The number of nitrogens with one attached hydrogen (secondary N) is 2. The quantitative estimate of drug-likeness (QED) is 0.490. The first-order valence-electron chi connectivity index (χ1n) is 12.5. The fourth-order valence-corrected chi connectivity index (χ4v) is 5.46. The van der Waals surface area contributed by atoms with Gasteiger partial charge in [0.2, 0.25) is 5.91 Å². The molecule has 2 aliphatic carbocycles. The SMILES string of the molecule is CC(C)C[C@@H](NC(=O)C1CCCC1CNC(=O)OCC1c2ccccc2-c2ccccc21)C(=O)O. The Kier molecular flexibility index (Phi) is 7.73. The van der Waals surface area contributed by atoms with Crippen LogP contribution in [0.15, 0.2) is 48.5 Å². The molecule has 0 bridgehead atoms. The molecule has 0 spiro atoms. The van der Waals surface area contributed by atoms with Crippen LogP contribution in [0.25, 0.3) is 11.1 Å². The Labute approximate surface area is 206 Å². The molecular formula is C28H34N2O5. The van der Waals surface area contributed by atoms with Crippen molar-refractivity contribution in [3.8, 4) is 11.1 Å². The van der Waals surface area contributed by atoms with E-state index < -0.39 is 18.1 Å². The van der Waals surface area contributed by atoms with Gasteiger partial charge in [0.1, 0.15) is 12.6 Å². The second-order valence-corrected chi connectivity index (χ2v) is 10.0. The zero-order valence-corrected chi connectivity index (χ0v) is 20.3. The van der Waals surface area contributed by atoms with E-state index in [0.717, 1.165) is 24.0 Å². The third-order valence-electron chi connectivity index (χ3n) is 7.17. The minimum Gasteiger partial charge on any atom is -0.480 e. The van der Waals surface area contributed by atoms with Crippen molar-refractivity contribution in [2.24, 2.45) is 17.8 Å². The number of aliphatic carboxylic acids is 1. The molecule has 7 heteroatoms. The number of carboxylic acids is 1. The fourth-order valence-electron chi connectivity index (χ4n) is 5.46. The third kappa shape index (κ3) is 5.66. The third-order valence-corrected chi connectivity index (χ3v) is 7.17. The maximum atomic E-state index is 12.8. The van der Waals surface area contributed by atoms with Gasteiger partial charge in [-0.25, -0.2) is 9.59 Å². The number of hydrogen-bond acceptors (Lipinski definition) is 4. The number of alkyl carbamates (subject to hydrolysis) is 1. The summed E-state index contributed by atoms with van der Waals surface area (Å²) in [6.07, 6.45) is 2.26. The molecule has 0 saturated heterocycles. The van der Waals surface area contributed by atoms with Crippen LogP contribution in [0.4, 0.5) is 4.79 Å². The van der Waals surface area contributed by atoms with Gasteiger partial charge in [-0.1, -0.05) is 68.8 Å². The van der Waals surface area contributed by atoms with Crippen molar-refractivity contribution in [3.63, 3.8) is 0 Å². The van der Waals surface area contributed by atoms with E-state index in [1.165, 1.54) is 11.1 Å². The van der Waals surface area contributed by atoms with Crippen molar-refractivity contribution in [3.05, 3.63) is 59.7 Å². The van der Waals surface area contributed by atoms with E-state index in [1.807, 2.05) is 38.1 Å². The van der Waals surface area contributed by atoms with E-state index in [1.54, 1.807) is 0 Å². The molecule has 4 rings (SSSR count). The van der Waals surface area contributed by atoms with E-state index >= 15 is 0 Å². The van der Waals surface area contributed by atoms with Crippen LogP contribution in [0, 0.1) is 17.8 Å². The van der Waals surface area contributed by atoms with Gasteiger partial charge in [-0.2, -0.15) is 0 Å². The van der Waals surface area contributed by atoms with E-state index in [-0.39, 0.29) is 36.2 Å². The highest BCUT2D eigenvalue weighted by Gasteiger charge is 2.35. The largest absolute Gasteiger partial charge is 0.480 e. The van der Waals surface area contributed by atoms with E-state index in [9.17, 15) is 19.5 Å². The van der Waals surface area contributed by atoms with Gasteiger partial charge in [0.15, 0.2) is 0 Å². The molecule has 2 aliphatic rings. The molecule has 186 valence electrons. The van der Waals surface area contributed by atoms with E-state index in [2.05, 4.69) is 34.9 Å². The van der Waals surface area contributed by atoms with Gasteiger partial charge in [0.25, 0.3) is 0 Å². The Bertz CT molecular complexity index is 1040. The standard InChI is InChI=1S/C28H34N2O5/c1-17(2)14-25(27(32)33)30-26(31)19-13-7-8-18(19)15-29-28(34)35-16-24-22-11-5-3-9-20(22)21-10-4-6-12-23(21)24/h3-6,9-12,17-19,24-25H,7-8,13-16H2,1-2H3,(H,29,34)(H,30,31)(H,32,33)/t18?,19?,25-/m1/s1. The predicted molar refractivity (Wildman–Crippen MR) is 133 cm³/mol. The first-order valence-corrected chi connectivity index (χ1v) is 12.5. The summed E-state index contributed by atoms with van der Waals surface area (Å²) < 4.78 is 5.61. The molecule has 0 aromatic heterocycles. The summed E-state index contributed by atoms with van der Waals surface area (Å²) >= 11 is 0. The molecule has 0 aliphatic heterocycles. The van der Waals surface area contributed by atoms with Gasteiger partial charge in [-0.05, 0) is 53.4 Å². The van der Waals surface area contributed by atoms with Crippen LogP contribution in [0.1, 0.15) is 56.6 Å². The lowest BCUT2D eigenvalue weighted by Crippen LogP contribution is -2.46. The Morgan fingerprint density at radius 1 is 1.00 bits per heavy atom. The second kappa shape index (κ2) is 10.9. The maximum absolute atomic E-state index is 12.8. The average molecular weight is 479 g/mol. The number of carbonyl (C=O) groups excluding carboxylic acids is 2. The Balaban J connectivity index is 1.30. The molecule has 35 heavy (non-hydrogen) atoms. The maximum Gasteiger partial charge on any atom is 0.407 e. The molecule has 2 amide bonds. The summed E-state index contributed by atoms with van der Waals surface area (Å²) in [5.74, 6) is -1.45. The van der Waals surface area contributed by atoms with Crippen molar-refractivity contribution in [1.82, 2.24) is 10.6 Å². The monoisotopic (exact) mass is 478 g/mol. The van der Waals surface area contributed by atoms with E-state index in [4.69, 9.17) is 4.74 Å². The normalized spacial score (nSPS) is 19.6. The highest BCUT2D eigenvalue weighted by molar-refractivity contribution is 5.85. The van der Waals surface area contributed by atoms with Crippen molar-refractivity contribution in [1.29, 1.82) is 0 Å².